The molecule has 4 aromatic heterocycles. The molecule has 12 aromatic rings. The average Bonchev–Trinajstić information content (AvgIpc) is 3.96. The summed E-state index contributed by atoms with van der Waals surface area (Å²) in [5, 5.41) is 6.93. The molecule has 0 aliphatic carbocycles. The highest BCUT2D eigenvalue weighted by molar-refractivity contribution is 7.25. The topological polar surface area (TPSA) is 56.7 Å². The van der Waals surface area contributed by atoms with Crippen LogP contribution in [0.5, 0.6) is 0 Å². The molecule has 8 aromatic carbocycles. The van der Waals surface area contributed by atoms with E-state index >= 15 is 0 Å². The number of rotatable bonds is 5. The molecule has 266 valence electrons. The van der Waals surface area contributed by atoms with Crippen molar-refractivity contribution in [2.24, 2.45) is 0 Å². The molecule has 0 bridgehead atoms. The third-order valence-corrected chi connectivity index (χ3v) is 12.2. The second-order valence-electron chi connectivity index (χ2n) is 14.4. The maximum absolute atomic E-state index is 6.95. The predicted octanol–water partition coefficient (Wildman–Crippen LogP) is 13.9. The minimum atomic E-state index is 0.592. The molecular formula is C51H30N4OS. The van der Waals surface area contributed by atoms with Gasteiger partial charge in [0.25, 0.3) is 0 Å². The van der Waals surface area contributed by atoms with E-state index < -0.39 is 0 Å². The van der Waals surface area contributed by atoms with Crippen molar-refractivity contribution in [3.8, 4) is 51.0 Å². The SMILES string of the molecule is c1ccc(-c2cccc(-n3c4ccccc4c4ccc5c6ccc(-c7nc(-c8ccccc8)nc(-c8ccc9c(c8)sc8ccccc89)n7)cc6oc5c43)c2)cc1. The summed E-state index contributed by atoms with van der Waals surface area (Å²) in [6, 6.07) is 63.8. The first kappa shape index (κ1) is 31.9. The Hall–Kier alpha value is -7.41. The summed E-state index contributed by atoms with van der Waals surface area (Å²) < 4.78 is 11.8. The van der Waals surface area contributed by atoms with E-state index in [9.17, 15) is 0 Å². The number of fused-ring (bicyclic) bond motifs is 10. The van der Waals surface area contributed by atoms with Crippen LogP contribution in [0, 0.1) is 0 Å². The lowest BCUT2D eigenvalue weighted by atomic mass is 10.1. The molecular weight excluding hydrogens is 717 g/mol. The fourth-order valence-corrected chi connectivity index (χ4v) is 9.51. The van der Waals surface area contributed by atoms with Gasteiger partial charge in [0.1, 0.15) is 5.58 Å². The van der Waals surface area contributed by atoms with Gasteiger partial charge in [0.05, 0.1) is 11.0 Å². The summed E-state index contributed by atoms with van der Waals surface area (Å²) in [5.74, 6) is 1.85. The zero-order valence-corrected chi connectivity index (χ0v) is 31.2. The zero-order valence-electron chi connectivity index (χ0n) is 30.4. The number of hydrogen-bond donors (Lipinski definition) is 0. The van der Waals surface area contributed by atoms with Gasteiger partial charge in [0.2, 0.25) is 0 Å². The number of benzene rings is 8. The van der Waals surface area contributed by atoms with Crippen LogP contribution in [0.3, 0.4) is 0 Å². The van der Waals surface area contributed by atoms with E-state index in [1.54, 1.807) is 11.3 Å². The summed E-state index contributed by atoms with van der Waals surface area (Å²) >= 11 is 1.79. The third-order valence-electron chi connectivity index (χ3n) is 11.0. The number of para-hydroxylation sites is 1. The second kappa shape index (κ2) is 12.6. The fourth-order valence-electron chi connectivity index (χ4n) is 8.36. The first-order valence-corrected chi connectivity index (χ1v) is 19.8. The van der Waals surface area contributed by atoms with E-state index in [4.69, 9.17) is 19.4 Å². The van der Waals surface area contributed by atoms with Crippen LogP contribution in [0.4, 0.5) is 0 Å². The Balaban J connectivity index is 1.04. The van der Waals surface area contributed by atoms with Gasteiger partial charge in [-0.2, -0.15) is 0 Å². The zero-order chi connectivity index (χ0) is 37.5. The quantitative estimate of drug-likeness (QED) is 0.176. The lowest BCUT2D eigenvalue weighted by Crippen LogP contribution is -2.00. The van der Waals surface area contributed by atoms with E-state index in [1.165, 1.54) is 31.1 Å². The number of thiophene rings is 1. The molecule has 0 spiro atoms. The van der Waals surface area contributed by atoms with E-state index in [2.05, 4.69) is 156 Å². The van der Waals surface area contributed by atoms with E-state index in [1.807, 2.05) is 30.3 Å². The van der Waals surface area contributed by atoms with Crippen LogP contribution in [0.2, 0.25) is 0 Å². The highest BCUT2D eigenvalue weighted by atomic mass is 32.1. The van der Waals surface area contributed by atoms with Gasteiger partial charge < -0.3 is 8.98 Å². The molecule has 6 heteroatoms. The maximum atomic E-state index is 6.95. The summed E-state index contributed by atoms with van der Waals surface area (Å²) in [7, 11) is 0. The molecule has 0 N–H and O–H groups in total. The van der Waals surface area contributed by atoms with Crippen LogP contribution >= 0.6 is 11.3 Å². The molecule has 12 rings (SSSR count). The molecule has 0 fully saturated rings. The Bertz CT molecular complexity index is 3530. The number of aromatic nitrogens is 4. The Morgan fingerprint density at radius 3 is 1.79 bits per heavy atom. The number of furan rings is 1. The van der Waals surface area contributed by atoms with Crippen molar-refractivity contribution in [3.05, 3.63) is 182 Å². The van der Waals surface area contributed by atoms with Crippen molar-refractivity contribution in [2.75, 3.05) is 0 Å². The van der Waals surface area contributed by atoms with Crippen molar-refractivity contribution >= 4 is 75.3 Å². The van der Waals surface area contributed by atoms with Crippen LogP contribution in [0.25, 0.3) is 115 Å². The molecule has 0 atom stereocenters. The summed E-state index contributed by atoms with van der Waals surface area (Å²) in [6.07, 6.45) is 0. The predicted molar refractivity (Wildman–Crippen MR) is 236 cm³/mol. The van der Waals surface area contributed by atoms with E-state index in [0.717, 1.165) is 66.3 Å². The van der Waals surface area contributed by atoms with Gasteiger partial charge in [-0.05, 0) is 59.7 Å². The van der Waals surface area contributed by atoms with Crippen molar-refractivity contribution in [3.63, 3.8) is 0 Å². The Labute approximate surface area is 330 Å². The first-order chi connectivity index (χ1) is 28.2. The Kier molecular flexibility index (Phi) is 7.03. The standard InChI is InChI=1S/C51H30N4OS/c1-3-12-31(13-4-1)33-16-11-17-36(28-33)55-43-20-9-7-18-37(43)41-26-27-42-38-24-22-34(29-44(38)56-48(42)47(41)55)50-52-49(32-14-5-2-6-15-32)53-51(54-50)35-23-25-40-39-19-8-10-21-45(39)57-46(40)30-35/h1-30H. The summed E-state index contributed by atoms with van der Waals surface area (Å²) in [5.41, 5.74) is 9.96. The van der Waals surface area contributed by atoms with Crippen LogP contribution in [-0.4, -0.2) is 19.5 Å². The number of hydrogen-bond acceptors (Lipinski definition) is 5. The fraction of sp³-hybridized carbons (Fsp3) is 0. The molecule has 0 saturated heterocycles. The van der Waals surface area contributed by atoms with Crippen molar-refractivity contribution in [1.29, 1.82) is 0 Å². The highest BCUT2D eigenvalue weighted by Gasteiger charge is 2.21. The van der Waals surface area contributed by atoms with Gasteiger partial charge in [0, 0.05) is 64.1 Å². The van der Waals surface area contributed by atoms with E-state index in [-0.39, 0.29) is 0 Å². The van der Waals surface area contributed by atoms with Gasteiger partial charge in [-0.25, -0.2) is 15.0 Å². The summed E-state index contributed by atoms with van der Waals surface area (Å²) in [4.78, 5) is 15.2. The molecule has 0 aliphatic heterocycles. The van der Waals surface area contributed by atoms with Gasteiger partial charge in [-0.1, -0.05) is 133 Å². The molecule has 0 saturated carbocycles. The molecule has 0 aliphatic rings. The molecule has 0 unspecified atom stereocenters. The van der Waals surface area contributed by atoms with Gasteiger partial charge in [-0.3, -0.25) is 0 Å². The normalized spacial score (nSPS) is 11.9. The molecule has 4 heterocycles. The smallest absolute Gasteiger partial charge is 0.164 e. The van der Waals surface area contributed by atoms with Crippen LogP contribution in [-0.2, 0) is 0 Å². The third kappa shape index (κ3) is 5.12. The van der Waals surface area contributed by atoms with Crippen molar-refractivity contribution in [2.45, 2.75) is 0 Å². The minimum absolute atomic E-state index is 0.592. The average molecular weight is 747 g/mol. The summed E-state index contributed by atoms with van der Waals surface area (Å²) in [6.45, 7) is 0. The van der Waals surface area contributed by atoms with Crippen LogP contribution in [0.1, 0.15) is 0 Å². The number of nitrogens with zero attached hydrogens (tertiary/aromatic N) is 4. The Morgan fingerprint density at radius 1 is 0.386 bits per heavy atom. The van der Waals surface area contributed by atoms with E-state index in [0.29, 0.717) is 17.5 Å². The maximum Gasteiger partial charge on any atom is 0.164 e. The Morgan fingerprint density at radius 2 is 0.982 bits per heavy atom. The molecule has 0 amide bonds. The first-order valence-electron chi connectivity index (χ1n) is 19.0. The second-order valence-corrected chi connectivity index (χ2v) is 15.5. The van der Waals surface area contributed by atoms with Crippen LogP contribution in [0.15, 0.2) is 186 Å². The van der Waals surface area contributed by atoms with Gasteiger partial charge >= 0.3 is 0 Å². The molecule has 57 heavy (non-hydrogen) atoms. The lowest BCUT2D eigenvalue weighted by molar-refractivity contribution is 0.671. The van der Waals surface area contributed by atoms with Gasteiger partial charge in [0.15, 0.2) is 23.1 Å². The van der Waals surface area contributed by atoms with Crippen molar-refractivity contribution in [1.82, 2.24) is 19.5 Å². The minimum Gasteiger partial charge on any atom is -0.454 e. The van der Waals surface area contributed by atoms with Crippen LogP contribution < -0.4 is 0 Å². The highest BCUT2D eigenvalue weighted by Crippen LogP contribution is 2.42. The molecule has 5 nitrogen and oxygen atoms in total. The van der Waals surface area contributed by atoms with Crippen molar-refractivity contribution < 1.29 is 4.42 Å². The van der Waals surface area contributed by atoms with Gasteiger partial charge in [-0.15, -0.1) is 11.3 Å². The largest absolute Gasteiger partial charge is 0.454 e. The molecule has 0 radical (unpaired) electrons. The lowest BCUT2D eigenvalue weighted by Gasteiger charge is -2.10. The monoisotopic (exact) mass is 746 g/mol.